The summed E-state index contributed by atoms with van der Waals surface area (Å²) in [5.74, 6) is 1.76. The highest BCUT2D eigenvalue weighted by Gasteiger charge is 2.14. The molecule has 3 heteroatoms. The fourth-order valence-electron chi connectivity index (χ4n) is 2.56. The van der Waals surface area contributed by atoms with E-state index in [-0.39, 0.29) is 0 Å². The van der Waals surface area contributed by atoms with Crippen LogP contribution in [0, 0.1) is 5.92 Å². The van der Waals surface area contributed by atoms with Crippen LogP contribution in [0.3, 0.4) is 0 Å². The Bertz CT molecular complexity index is 394. The molecule has 0 bridgehead atoms. The summed E-state index contributed by atoms with van der Waals surface area (Å²) in [4.78, 5) is 13.1. The van der Waals surface area contributed by atoms with Gasteiger partial charge >= 0.3 is 0 Å². The summed E-state index contributed by atoms with van der Waals surface area (Å²) >= 11 is 0. The van der Waals surface area contributed by atoms with Crippen LogP contribution < -0.4 is 4.74 Å². The second kappa shape index (κ2) is 8.05. The van der Waals surface area contributed by atoms with Gasteiger partial charge in [-0.1, -0.05) is 6.92 Å². The van der Waals surface area contributed by atoms with Gasteiger partial charge in [-0.3, -0.25) is 4.79 Å². The van der Waals surface area contributed by atoms with Gasteiger partial charge in [0.25, 0.3) is 0 Å². The number of carbonyl (C=O) groups excluding carboxylic acids is 1. The van der Waals surface area contributed by atoms with Gasteiger partial charge in [0.05, 0.1) is 6.61 Å². The molecule has 0 aromatic heterocycles. The third kappa shape index (κ3) is 4.97. The summed E-state index contributed by atoms with van der Waals surface area (Å²) in [5.41, 5.74) is 0.691. The van der Waals surface area contributed by atoms with Crippen molar-refractivity contribution in [3.05, 3.63) is 29.8 Å². The van der Waals surface area contributed by atoms with E-state index in [2.05, 4.69) is 11.8 Å². The standard InChI is InChI=1S/C17H25NO2/c1-15-8-11-18(12-9-15)10-2-3-13-20-17-6-4-16(14-19)5-7-17/h4-7,14-15H,2-3,8-13H2,1H3. The molecule has 1 fully saturated rings. The number of likely N-dealkylation sites (tertiary alicyclic amines) is 1. The van der Waals surface area contributed by atoms with E-state index in [1.54, 1.807) is 12.1 Å². The van der Waals surface area contributed by atoms with Crippen LogP contribution in [-0.4, -0.2) is 37.4 Å². The molecule has 0 amide bonds. The van der Waals surface area contributed by atoms with Gasteiger partial charge in [0.15, 0.2) is 0 Å². The maximum atomic E-state index is 10.5. The van der Waals surface area contributed by atoms with Crippen LogP contribution in [0.1, 0.15) is 43.0 Å². The fraction of sp³-hybridized carbons (Fsp3) is 0.588. The number of benzene rings is 1. The van der Waals surface area contributed by atoms with Crippen molar-refractivity contribution < 1.29 is 9.53 Å². The Morgan fingerprint density at radius 1 is 1.20 bits per heavy atom. The third-order valence-corrected chi connectivity index (χ3v) is 4.03. The summed E-state index contributed by atoms with van der Waals surface area (Å²) in [7, 11) is 0. The number of rotatable bonds is 7. The van der Waals surface area contributed by atoms with E-state index < -0.39 is 0 Å². The van der Waals surface area contributed by atoms with E-state index in [0.717, 1.165) is 31.0 Å². The molecule has 1 aliphatic heterocycles. The Morgan fingerprint density at radius 2 is 1.90 bits per heavy atom. The number of hydrogen-bond acceptors (Lipinski definition) is 3. The lowest BCUT2D eigenvalue weighted by atomic mass is 9.99. The minimum atomic E-state index is 0.691. The summed E-state index contributed by atoms with van der Waals surface area (Å²) in [6.45, 7) is 6.82. The van der Waals surface area contributed by atoms with Gasteiger partial charge in [0, 0.05) is 5.56 Å². The molecule has 3 nitrogen and oxygen atoms in total. The van der Waals surface area contributed by atoms with Gasteiger partial charge in [-0.05, 0) is 75.5 Å². The fourth-order valence-corrected chi connectivity index (χ4v) is 2.56. The second-order valence-corrected chi connectivity index (χ2v) is 5.77. The predicted octanol–water partition coefficient (Wildman–Crippen LogP) is 3.39. The SMILES string of the molecule is CC1CCN(CCCCOc2ccc(C=O)cc2)CC1. The van der Waals surface area contributed by atoms with Crippen LogP contribution in [0.5, 0.6) is 5.75 Å². The van der Waals surface area contributed by atoms with E-state index >= 15 is 0 Å². The lowest BCUT2D eigenvalue weighted by Crippen LogP contribution is -2.33. The van der Waals surface area contributed by atoms with Crippen molar-refractivity contribution in [3.63, 3.8) is 0 Å². The molecule has 20 heavy (non-hydrogen) atoms. The Labute approximate surface area is 121 Å². The zero-order valence-corrected chi connectivity index (χ0v) is 12.4. The Hall–Kier alpha value is -1.35. The zero-order valence-electron chi connectivity index (χ0n) is 12.4. The number of ether oxygens (including phenoxy) is 1. The number of piperidine rings is 1. The highest BCUT2D eigenvalue weighted by atomic mass is 16.5. The molecule has 0 N–H and O–H groups in total. The van der Waals surface area contributed by atoms with Crippen molar-refractivity contribution in [3.8, 4) is 5.75 Å². The maximum absolute atomic E-state index is 10.5. The molecular formula is C17H25NO2. The van der Waals surface area contributed by atoms with Crippen molar-refractivity contribution in [1.82, 2.24) is 4.90 Å². The van der Waals surface area contributed by atoms with Gasteiger partial charge in [0.2, 0.25) is 0 Å². The van der Waals surface area contributed by atoms with E-state index in [0.29, 0.717) is 5.56 Å². The third-order valence-electron chi connectivity index (χ3n) is 4.03. The van der Waals surface area contributed by atoms with Gasteiger partial charge in [-0.25, -0.2) is 0 Å². The summed E-state index contributed by atoms with van der Waals surface area (Å²) in [6, 6.07) is 7.29. The first-order valence-corrected chi connectivity index (χ1v) is 7.68. The quantitative estimate of drug-likeness (QED) is 0.564. The highest BCUT2D eigenvalue weighted by Crippen LogP contribution is 2.16. The number of carbonyl (C=O) groups is 1. The normalized spacial score (nSPS) is 17.1. The Morgan fingerprint density at radius 3 is 2.55 bits per heavy atom. The molecule has 0 radical (unpaired) electrons. The number of hydrogen-bond donors (Lipinski definition) is 0. The molecular weight excluding hydrogens is 250 g/mol. The largest absolute Gasteiger partial charge is 0.494 e. The molecule has 0 saturated carbocycles. The van der Waals surface area contributed by atoms with Crippen molar-refractivity contribution >= 4 is 6.29 Å². The van der Waals surface area contributed by atoms with Gasteiger partial charge < -0.3 is 9.64 Å². The average Bonchev–Trinajstić information content (AvgIpc) is 2.49. The zero-order chi connectivity index (χ0) is 14.2. The molecule has 0 unspecified atom stereocenters. The molecule has 1 aromatic rings. The Kier molecular flexibility index (Phi) is 6.06. The van der Waals surface area contributed by atoms with Crippen molar-refractivity contribution in [1.29, 1.82) is 0 Å². The molecule has 1 aromatic carbocycles. The van der Waals surface area contributed by atoms with Crippen molar-refractivity contribution in [2.75, 3.05) is 26.2 Å². The Balaban J connectivity index is 1.56. The number of unbranched alkanes of at least 4 members (excludes halogenated alkanes) is 1. The van der Waals surface area contributed by atoms with Crippen LogP contribution in [-0.2, 0) is 0 Å². The lowest BCUT2D eigenvalue weighted by Gasteiger charge is -2.30. The molecule has 1 heterocycles. The topological polar surface area (TPSA) is 29.5 Å². The molecule has 110 valence electrons. The van der Waals surface area contributed by atoms with Crippen LogP contribution in [0.2, 0.25) is 0 Å². The minimum absolute atomic E-state index is 0.691. The highest BCUT2D eigenvalue weighted by molar-refractivity contribution is 5.74. The molecule has 0 spiro atoms. The molecule has 1 aliphatic rings. The van der Waals surface area contributed by atoms with E-state index in [4.69, 9.17) is 4.74 Å². The smallest absolute Gasteiger partial charge is 0.150 e. The number of aldehydes is 1. The molecule has 0 atom stereocenters. The van der Waals surface area contributed by atoms with Gasteiger partial charge in [0.1, 0.15) is 12.0 Å². The van der Waals surface area contributed by atoms with Crippen LogP contribution in [0.4, 0.5) is 0 Å². The van der Waals surface area contributed by atoms with Crippen molar-refractivity contribution in [2.24, 2.45) is 5.92 Å². The van der Waals surface area contributed by atoms with E-state index in [1.165, 1.54) is 38.9 Å². The lowest BCUT2D eigenvalue weighted by molar-refractivity contribution is 0.112. The second-order valence-electron chi connectivity index (χ2n) is 5.77. The average molecular weight is 275 g/mol. The van der Waals surface area contributed by atoms with Gasteiger partial charge in [-0.2, -0.15) is 0 Å². The summed E-state index contributed by atoms with van der Waals surface area (Å²) in [6.07, 6.45) is 5.82. The first-order valence-electron chi connectivity index (χ1n) is 7.68. The van der Waals surface area contributed by atoms with Crippen LogP contribution in [0.25, 0.3) is 0 Å². The van der Waals surface area contributed by atoms with Crippen LogP contribution in [0.15, 0.2) is 24.3 Å². The monoisotopic (exact) mass is 275 g/mol. The first kappa shape index (κ1) is 15.0. The van der Waals surface area contributed by atoms with Crippen LogP contribution >= 0.6 is 0 Å². The van der Waals surface area contributed by atoms with E-state index in [9.17, 15) is 4.79 Å². The molecule has 1 saturated heterocycles. The molecule has 2 rings (SSSR count). The predicted molar refractivity (Wildman–Crippen MR) is 81.4 cm³/mol. The summed E-state index contributed by atoms with van der Waals surface area (Å²) in [5, 5.41) is 0. The summed E-state index contributed by atoms with van der Waals surface area (Å²) < 4.78 is 5.68. The maximum Gasteiger partial charge on any atom is 0.150 e. The number of nitrogens with zero attached hydrogens (tertiary/aromatic N) is 1. The van der Waals surface area contributed by atoms with Gasteiger partial charge in [-0.15, -0.1) is 0 Å². The molecule has 0 aliphatic carbocycles. The minimum Gasteiger partial charge on any atom is -0.494 e. The van der Waals surface area contributed by atoms with E-state index in [1.807, 2.05) is 12.1 Å². The van der Waals surface area contributed by atoms with Crippen molar-refractivity contribution in [2.45, 2.75) is 32.6 Å². The first-order chi connectivity index (χ1) is 9.78.